The molecule has 10 nitrogen and oxygen atoms in total. The summed E-state index contributed by atoms with van der Waals surface area (Å²) in [4.78, 5) is 60.9. The molecule has 0 saturated heterocycles. The number of Topliss-reactive ketones (excluding diaryl/α,β-unsaturated/α-hetero) is 1. The molecule has 0 aliphatic heterocycles. The van der Waals surface area contributed by atoms with E-state index in [1.807, 2.05) is 0 Å². The van der Waals surface area contributed by atoms with E-state index in [2.05, 4.69) is 12.2 Å². The number of ketones is 1. The van der Waals surface area contributed by atoms with Crippen molar-refractivity contribution in [2.24, 2.45) is 11.8 Å². The van der Waals surface area contributed by atoms with Gasteiger partial charge in [-0.05, 0) is 55.5 Å². The molecule has 2 aromatic carbocycles. The predicted octanol–water partition coefficient (Wildman–Crippen LogP) is 7.35. The number of hydrogen-bond acceptors (Lipinski definition) is 6. The van der Waals surface area contributed by atoms with E-state index >= 15 is 0 Å². The third-order valence-electron chi connectivity index (χ3n) is 7.94. The number of carbonyl (C=O) groups excluding carboxylic acids is 2. The predicted molar refractivity (Wildman–Crippen MR) is 178 cm³/mol. The number of carboxylic acids is 3. The third-order valence-corrected chi connectivity index (χ3v) is 7.94. The number of amides is 1. The van der Waals surface area contributed by atoms with Crippen molar-refractivity contribution in [3.63, 3.8) is 0 Å². The van der Waals surface area contributed by atoms with Gasteiger partial charge in [0.1, 0.15) is 29.1 Å². The van der Waals surface area contributed by atoms with Crippen LogP contribution in [0.1, 0.15) is 96.0 Å². The summed E-state index contributed by atoms with van der Waals surface area (Å²) < 4.78 is 19.0. The molecule has 262 valence electrons. The van der Waals surface area contributed by atoms with Crippen LogP contribution in [0.5, 0.6) is 11.5 Å². The largest absolute Gasteiger partial charge is 0.481 e. The Hall–Kier alpha value is -4.54. The molecule has 1 amide bonds. The lowest BCUT2D eigenvalue weighted by molar-refractivity contribution is -0.152. The van der Waals surface area contributed by atoms with Crippen LogP contribution in [-0.2, 0) is 30.4 Å². The monoisotopic (exact) mass is 669 g/mol. The summed E-state index contributed by atoms with van der Waals surface area (Å²) in [7, 11) is 0. The van der Waals surface area contributed by atoms with Crippen LogP contribution < -0.4 is 10.1 Å². The van der Waals surface area contributed by atoms with E-state index in [4.69, 9.17) is 4.74 Å². The summed E-state index contributed by atoms with van der Waals surface area (Å²) >= 11 is 0. The quantitative estimate of drug-likeness (QED) is 0.0624. The topological polar surface area (TPSA) is 167 Å². The van der Waals surface area contributed by atoms with Crippen LogP contribution >= 0.6 is 0 Å². The zero-order chi connectivity index (χ0) is 35.3. The Kier molecular flexibility index (Phi) is 18.3. The molecular weight excluding hydrogens is 621 g/mol. The van der Waals surface area contributed by atoms with Gasteiger partial charge >= 0.3 is 17.9 Å². The molecule has 11 heteroatoms. The highest BCUT2D eigenvalue weighted by molar-refractivity contribution is 5.91. The summed E-state index contributed by atoms with van der Waals surface area (Å²) in [6, 6.07) is 10.4. The van der Waals surface area contributed by atoms with Crippen LogP contribution in [0.2, 0.25) is 0 Å². The van der Waals surface area contributed by atoms with Crippen molar-refractivity contribution in [1.29, 1.82) is 0 Å². The highest BCUT2D eigenvalue weighted by Crippen LogP contribution is 2.24. The van der Waals surface area contributed by atoms with Crippen LogP contribution in [0.3, 0.4) is 0 Å². The first-order chi connectivity index (χ1) is 23.0. The van der Waals surface area contributed by atoms with E-state index in [-0.39, 0.29) is 18.0 Å². The first-order valence-corrected chi connectivity index (χ1v) is 16.7. The molecule has 0 spiro atoms. The Morgan fingerprint density at radius 3 is 2.04 bits per heavy atom. The molecule has 2 aromatic rings. The van der Waals surface area contributed by atoms with Crippen molar-refractivity contribution >= 4 is 29.6 Å². The Bertz CT molecular complexity index is 1360. The lowest BCUT2D eigenvalue weighted by Gasteiger charge is -2.22. The van der Waals surface area contributed by atoms with E-state index in [0.717, 1.165) is 44.9 Å². The fourth-order valence-corrected chi connectivity index (χ4v) is 5.26. The van der Waals surface area contributed by atoms with Crippen molar-refractivity contribution in [2.45, 2.75) is 103 Å². The Labute approximate surface area is 281 Å². The molecule has 48 heavy (non-hydrogen) atoms. The summed E-state index contributed by atoms with van der Waals surface area (Å²) in [5.41, 5.74) is 0.523. The molecular formula is C37H48FNO9. The molecule has 0 fully saturated rings. The molecule has 4 N–H and O–H groups in total. The summed E-state index contributed by atoms with van der Waals surface area (Å²) in [5, 5.41) is 31.3. The second kappa shape index (κ2) is 22.1. The normalized spacial score (nSPS) is 13.0. The highest BCUT2D eigenvalue weighted by Gasteiger charge is 2.35. The van der Waals surface area contributed by atoms with E-state index in [0.29, 0.717) is 30.6 Å². The lowest BCUT2D eigenvalue weighted by Crippen LogP contribution is -2.47. The van der Waals surface area contributed by atoms with Gasteiger partial charge in [0.2, 0.25) is 5.91 Å². The fraction of sp³-hybridized carbons (Fsp3) is 0.486. The van der Waals surface area contributed by atoms with E-state index in [9.17, 15) is 43.7 Å². The zero-order valence-electron chi connectivity index (χ0n) is 27.6. The minimum Gasteiger partial charge on any atom is -0.481 e. The highest BCUT2D eigenvalue weighted by atomic mass is 19.1. The first-order valence-electron chi connectivity index (χ1n) is 16.7. The van der Waals surface area contributed by atoms with Gasteiger partial charge in [0.15, 0.2) is 0 Å². The smallest absolute Gasteiger partial charge is 0.326 e. The minimum absolute atomic E-state index is 0.143. The van der Waals surface area contributed by atoms with E-state index in [1.54, 1.807) is 36.4 Å². The van der Waals surface area contributed by atoms with Crippen LogP contribution in [-0.4, -0.2) is 51.0 Å². The van der Waals surface area contributed by atoms with Gasteiger partial charge in [-0.25, -0.2) is 9.18 Å². The number of carboxylic acid groups (broad SMARTS) is 3. The first kappa shape index (κ1) is 39.6. The van der Waals surface area contributed by atoms with Crippen molar-refractivity contribution in [3.05, 3.63) is 72.1 Å². The number of halogens is 1. The van der Waals surface area contributed by atoms with Crippen LogP contribution in [0.15, 0.2) is 60.7 Å². The summed E-state index contributed by atoms with van der Waals surface area (Å²) in [6.45, 7) is 2.15. The standard InChI is InChI=1S/C37H48FNO9/c1-2-3-4-7-10-15-28(40)16-11-8-5-6-9-12-18-31(32(36(44)45)25-34(41)42)35(43)39-33(37(46)47)23-26-19-21-29(22-20-26)48-30-17-13-14-27(38)24-30/h12-14,17-22,24,31-33H,2-11,15-16,23,25H2,1H3,(H,39,43)(H,41,42)(H,44,45)(H,46,47)/b18-12+/t31-,32+,33-/m0/s1. The van der Waals surface area contributed by atoms with Gasteiger partial charge in [0, 0.05) is 25.3 Å². The molecule has 0 radical (unpaired) electrons. The van der Waals surface area contributed by atoms with Gasteiger partial charge in [-0.15, -0.1) is 0 Å². The van der Waals surface area contributed by atoms with Crippen molar-refractivity contribution < 1.29 is 48.4 Å². The molecule has 0 heterocycles. The van der Waals surface area contributed by atoms with Crippen LogP contribution in [0.4, 0.5) is 4.39 Å². The number of benzene rings is 2. The summed E-state index contributed by atoms with van der Waals surface area (Å²) in [5.74, 6) is -7.71. The van der Waals surface area contributed by atoms with Gasteiger partial charge in [0.05, 0.1) is 18.3 Å². The van der Waals surface area contributed by atoms with E-state index in [1.165, 1.54) is 37.1 Å². The Balaban J connectivity index is 1.95. The number of allylic oxidation sites excluding steroid dienone is 1. The fourth-order valence-electron chi connectivity index (χ4n) is 5.26. The molecule has 0 aliphatic carbocycles. The number of hydrogen-bond donors (Lipinski definition) is 4. The molecule has 0 aromatic heterocycles. The maximum Gasteiger partial charge on any atom is 0.326 e. The van der Waals surface area contributed by atoms with Crippen LogP contribution in [0.25, 0.3) is 0 Å². The third kappa shape index (κ3) is 15.8. The lowest BCUT2D eigenvalue weighted by atomic mass is 9.87. The second-order valence-electron chi connectivity index (χ2n) is 12.0. The van der Waals surface area contributed by atoms with E-state index < -0.39 is 53.9 Å². The van der Waals surface area contributed by atoms with Gasteiger partial charge in [-0.2, -0.15) is 0 Å². The number of rotatable bonds is 25. The van der Waals surface area contributed by atoms with Gasteiger partial charge in [0.25, 0.3) is 0 Å². The average Bonchev–Trinajstić information content (AvgIpc) is 3.03. The number of nitrogens with one attached hydrogen (secondary N) is 1. The second-order valence-corrected chi connectivity index (χ2v) is 12.0. The zero-order valence-corrected chi connectivity index (χ0v) is 27.6. The Morgan fingerprint density at radius 2 is 1.46 bits per heavy atom. The Morgan fingerprint density at radius 1 is 0.812 bits per heavy atom. The molecule has 0 unspecified atom stereocenters. The molecule has 0 aliphatic rings. The molecule has 0 bridgehead atoms. The summed E-state index contributed by atoms with van der Waals surface area (Å²) in [6.07, 6.45) is 12.4. The van der Waals surface area contributed by atoms with Gasteiger partial charge in [-0.3, -0.25) is 19.2 Å². The number of aliphatic carboxylic acids is 3. The van der Waals surface area contributed by atoms with Crippen LogP contribution in [0, 0.1) is 17.7 Å². The minimum atomic E-state index is -1.61. The van der Waals surface area contributed by atoms with Gasteiger partial charge in [-0.1, -0.05) is 75.8 Å². The van der Waals surface area contributed by atoms with Crippen molar-refractivity contribution in [2.75, 3.05) is 0 Å². The number of ether oxygens (including phenoxy) is 1. The number of carbonyl (C=O) groups is 5. The average molecular weight is 670 g/mol. The molecule has 0 saturated carbocycles. The molecule has 2 rings (SSSR count). The van der Waals surface area contributed by atoms with Crippen molar-refractivity contribution in [3.8, 4) is 11.5 Å². The maximum atomic E-state index is 13.4. The SMILES string of the molecule is CCCCCCCC(=O)CCCCCC/C=C/[C@H](C(=O)N[C@@H](Cc1ccc(Oc2cccc(F)c2)cc1)C(=O)O)[C@@H](CC(=O)O)C(=O)O. The van der Waals surface area contributed by atoms with Gasteiger partial charge < -0.3 is 25.4 Å². The molecule has 3 atom stereocenters. The maximum absolute atomic E-state index is 13.4. The number of unbranched alkanes of at least 4 members (excludes halogenated alkanes) is 8. The van der Waals surface area contributed by atoms with Crippen molar-refractivity contribution in [1.82, 2.24) is 5.32 Å².